The van der Waals surface area contributed by atoms with Gasteiger partial charge in [-0.05, 0) is 42.5 Å². The van der Waals surface area contributed by atoms with Crippen molar-refractivity contribution in [3.05, 3.63) is 48.3 Å². The van der Waals surface area contributed by atoms with Crippen molar-refractivity contribution < 1.29 is 9.18 Å². The molecule has 0 aliphatic carbocycles. The van der Waals surface area contributed by atoms with E-state index in [2.05, 4.69) is 20.6 Å². The van der Waals surface area contributed by atoms with E-state index in [9.17, 15) is 9.18 Å². The average Bonchev–Trinajstić information content (AvgIpc) is 3.06. The number of anilines is 1. The second-order valence-corrected chi connectivity index (χ2v) is 7.45. The van der Waals surface area contributed by atoms with E-state index in [-0.39, 0.29) is 42.6 Å². The summed E-state index contributed by atoms with van der Waals surface area (Å²) in [5.41, 5.74) is 3.18. The highest BCUT2D eigenvalue weighted by atomic mass is 35.5. The summed E-state index contributed by atoms with van der Waals surface area (Å²) >= 11 is 1.88. The topological polar surface area (TPSA) is 69.8 Å². The maximum absolute atomic E-state index is 13.1. The minimum Gasteiger partial charge on any atom is -0.338 e. The number of fused-ring (bicyclic) bond motifs is 1. The summed E-state index contributed by atoms with van der Waals surface area (Å²) < 4.78 is 13.1. The molecule has 0 saturated carbocycles. The third kappa shape index (κ3) is 5.38. The first-order chi connectivity index (χ1) is 12.7. The lowest BCUT2D eigenvalue weighted by Crippen LogP contribution is -2.39. The van der Waals surface area contributed by atoms with Crippen LogP contribution in [0.15, 0.2) is 42.5 Å². The highest BCUT2D eigenvalue weighted by Gasteiger charge is 2.17. The predicted octanol–water partition coefficient (Wildman–Crippen LogP) is 4.25. The van der Waals surface area contributed by atoms with Crippen molar-refractivity contribution in [3.63, 3.8) is 0 Å². The van der Waals surface area contributed by atoms with Crippen LogP contribution < -0.4 is 10.6 Å². The molecule has 2 aromatic carbocycles. The smallest absolute Gasteiger partial charge is 0.225 e. The van der Waals surface area contributed by atoms with E-state index in [4.69, 9.17) is 0 Å². The molecular formula is C19H21Cl2FN4OS. The monoisotopic (exact) mass is 442 g/mol. The van der Waals surface area contributed by atoms with Crippen molar-refractivity contribution in [2.24, 2.45) is 0 Å². The fourth-order valence-electron chi connectivity index (χ4n) is 3.02. The van der Waals surface area contributed by atoms with E-state index in [1.807, 2.05) is 30.0 Å². The molecule has 3 aromatic rings. The lowest BCUT2D eigenvalue weighted by atomic mass is 10.2. The third-order valence-corrected chi connectivity index (χ3v) is 5.44. The Morgan fingerprint density at radius 3 is 2.71 bits per heavy atom. The number of aromatic nitrogens is 2. The molecule has 4 rings (SSSR count). The first-order valence-corrected chi connectivity index (χ1v) is 9.69. The van der Waals surface area contributed by atoms with E-state index >= 15 is 0 Å². The van der Waals surface area contributed by atoms with Gasteiger partial charge in [-0.2, -0.15) is 11.8 Å². The molecule has 2 heterocycles. The van der Waals surface area contributed by atoms with Gasteiger partial charge in [0.15, 0.2) is 0 Å². The second kappa shape index (κ2) is 10.1. The number of imidazole rings is 1. The number of benzene rings is 2. The summed E-state index contributed by atoms with van der Waals surface area (Å²) in [5, 5.41) is 6.32. The van der Waals surface area contributed by atoms with Crippen molar-refractivity contribution in [2.75, 3.05) is 23.4 Å². The Balaban J connectivity index is 0.00000140. The minimum atomic E-state index is -0.277. The van der Waals surface area contributed by atoms with Crippen LogP contribution in [0.25, 0.3) is 22.4 Å². The fraction of sp³-hybridized carbons (Fsp3) is 0.263. The van der Waals surface area contributed by atoms with Gasteiger partial charge in [0.25, 0.3) is 0 Å². The van der Waals surface area contributed by atoms with Gasteiger partial charge in [0.05, 0.1) is 11.0 Å². The number of carbonyl (C=O) groups excluding carboxylic acids is 1. The molecule has 1 aliphatic rings. The Morgan fingerprint density at radius 2 is 2.00 bits per heavy atom. The number of carbonyl (C=O) groups is 1. The molecule has 1 aliphatic heterocycles. The quantitative estimate of drug-likeness (QED) is 0.564. The van der Waals surface area contributed by atoms with E-state index in [1.165, 1.54) is 12.1 Å². The van der Waals surface area contributed by atoms with Gasteiger partial charge in [-0.25, -0.2) is 9.37 Å². The number of nitrogens with zero attached hydrogens (tertiary/aromatic N) is 1. The lowest BCUT2D eigenvalue weighted by molar-refractivity contribution is -0.116. The van der Waals surface area contributed by atoms with Crippen LogP contribution in [-0.4, -0.2) is 40.0 Å². The summed E-state index contributed by atoms with van der Waals surface area (Å²) in [5.74, 6) is 2.47. The van der Waals surface area contributed by atoms with Crippen LogP contribution in [0.3, 0.4) is 0 Å². The van der Waals surface area contributed by atoms with Gasteiger partial charge in [0, 0.05) is 41.8 Å². The largest absolute Gasteiger partial charge is 0.338 e. The molecule has 0 bridgehead atoms. The molecular weight excluding hydrogens is 422 g/mol. The zero-order valence-electron chi connectivity index (χ0n) is 14.9. The first-order valence-electron chi connectivity index (χ1n) is 8.54. The Kier molecular flexibility index (Phi) is 8.12. The zero-order chi connectivity index (χ0) is 17.9. The number of nitrogens with one attached hydrogen (secondary N) is 3. The molecule has 9 heteroatoms. The number of thioether (sulfide) groups is 1. The van der Waals surface area contributed by atoms with Gasteiger partial charge in [-0.1, -0.05) is 0 Å². The Bertz CT molecular complexity index is 929. The van der Waals surface area contributed by atoms with Gasteiger partial charge in [-0.15, -0.1) is 24.8 Å². The van der Waals surface area contributed by atoms with Crippen molar-refractivity contribution in [1.29, 1.82) is 0 Å². The molecule has 1 fully saturated rings. The number of aromatic amines is 1. The third-order valence-electron chi connectivity index (χ3n) is 4.31. The van der Waals surface area contributed by atoms with Crippen LogP contribution >= 0.6 is 36.6 Å². The molecule has 1 atom stereocenters. The number of H-pyrrole nitrogens is 1. The number of halogens is 3. The normalized spacial score (nSPS) is 16.1. The second-order valence-electron chi connectivity index (χ2n) is 6.30. The number of amides is 1. The first kappa shape index (κ1) is 22.5. The summed E-state index contributed by atoms with van der Waals surface area (Å²) in [7, 11) is 0. The minimum absolute atomic E-state index is 0. The highest BCUT2D eigenvalue weighted by Crippen LogP contribution is 2.23. The average molecular weight is 443 g/mol. The molecule has 1 saturated heterocycles. The molecule has 5 nitrogen and oxygen atoms in total. The van der Waals surface area contributed by atoms with E-state index in [0.29, 0.717) is 12.2 Å². The molecule has 1 aromatic heterocycles. The predicted molar refractivity (Wildman–Crippen MR) is 118 cm³/mol. The van der Waals surface area contributed by atoms with Gasteiger partial charge in [0.1, 0.15) is 11.6 Å². The maximum Gasteiger partial charge on any atom is 0.225 e. The van der Waals surface area contributed by atoms with Crippen LogP contribution in [0, 0.1) is 5.82 Å². The van der Waals surface area contributed by atoms with Crippen LogP contribution in [0.4, 0.5) is 10.1 Å². The molecule has 28 heavy (non-hydrogen) atoms. The van der Waals surface area contributed by atoms with Crippen LogP contribution in [0.2, 0.25) is 0 Å². The molecule has 0 spiro atoms. The summed E-state index contributed by atoms with van der Waals surface area (Å²) in [6.45, 7) is 0.953. The molecule has 150 valence electrons. The molecule has 1 amide bonds. The van der Waals surface area contributed by atoms with Gasteiger partial charge in [0.2, 0.25) is 5.91 Å². The Hall–Kier alpha value is -1.80. The van der Waals surface area contributed by atoms with Crippen molar-refractivity contribution >= 4 is 59.2 Å². The van der Waals surface area contributed by atoms with Crippen molar-refractivity contribution in [3.8, 4) is 11.4 Å². The fourth-order valence-corrected chi connectivity index (χ4v) is 3.97. The highest BCUT2D eigenvalue weighted by molar-refractivity contribution is 7.99. The van der Waals surface area contributed by atoms with Crippen LogP contribution in [-0.2, 0) is 4.79 Å². The number of hydrogen-bond acceptors (Lipinski definition) is 4. The van der Waals surface area contributed by atoms with Crippen LogP contribution in [0.5, 0.6) is 0 Å². The summed E-state index contributed by atoms with van der Waals surface area (Å²) in [4.78, 5) is 20.0. The van der Waals surface area contributed by atoms with Gasteiger partial charge >= 0.3 is 0 Å². The zero-order valence-corrected chi connectivity index (χ0v) is 17.4. The van der Waals surface area contributed by atoms with E-state index < -0.39 is 0 Å². The number of hydrogen-bond donors (Lipinski definition) is 3. The molecule has 0 radical (unpaired) electrons. The molecule has 3 N–H and O–H groups in total. The maximum atomic E-state index is 13.1. The standard InChI is InChI=1S/C19H19FN4OS.2ClH/c20-13-3-1-12(2-4-13)19-23-16-6-5-14(9-17(16)24-19)22-18(25)10-15-11-26-8-7-21-15;;/h1-6,9,15,21H,7-8,10-11H2,(H,22,25)(H,23,24);2*1H. The lowest BCUT2D eigenvalue weighted by Gasteiger charge is -2.22. The van der Waals surface area contributed by atoms with E-state index in [1.54, 1.807) is 12.1 Å². The SMILES string of the molecule is Cl.Cl.O=C(CC1CSCCN1)Nc1ccc2nc(-c3ccc(F)cc3)[nH]c2c1. The number of rotatable bonds is 4. The van der Waals surface area contributed by atoms with Crippen molar-refractivity contribution in [1.82, 2.24) is 15.3 Å². The molecule has 1 unspecified atom stereocenters. The summed E-state index contributed by atoms with van der Waals surface area (Å²) in [6.07, 6.45) is 0.467. The summed E-state index contributed by atoms with van der Waals surface area (Å²) in [6, 6.07) is 12.0. The van der Waals surface area contributed by atoms with Crippen molar-refractivity contribution in [2.45, 2.75) is 12.5 Å². The Morgan fingerprint density at radius 1 is 1.21 bits per heavy atom. The van der Waals surface area contributed by atoms with Gasteiger partial charge < -0.3 is 15.6 Å². The van der Waals surface area contributed by atoms with Gasteiger partial charge in [-0.3, -0.25) is 4.79 Å². The van der Waals surface area contributed by atoms with Crippen LogP contribution in [0.1, 0.15) is 6.42 Å². The Labute approximate surface area is 179 Å². The van der Waals surface area contributed by atoms with E-state index in [0.717, 1.165) is 40.3 Å².